The highest BCUT2D eigenvalue weighted by molar-refractivity contribution is 7.15. The van der Waals surface area contributed by atoms with E-state index in [1.165, 1.54) is 24.3 Å². The van der Waals surface area contributed by atoms with E-state index >= 15 is 0 Å². The van der Waals surface area contributed by atoms with E-state index in [1.54, 1.807) is 0 Å². The molecule has 0 radical (unpaired) electrons. The van der Waals surface area contributed by atoms with Gasteiger partial charge in [-0.05, 0) is 29.8 Å². The summed E-state index contributed by atoms with van der Waals surface area (Å²) in [5, 5.41) is 29.7. The highest BCUT2D eigenvalue weighted by Crippen LogP contribution is 2.30. The van der Waals surface area contributed by atoms with Gasteiger partial charge < -0.3 is 15.5 Å². The molecule has 0 aliphatic heterocycles. The maximum Gasteiger partial charge on any atom is 0.335 e. The van der Waals surface area contributed by atoms with Gasteiger partial charge in [0.05, 0.1) is 23.4 Å². The van der Waals surface area contributed by atoms with E-state index in [1.807, 2.05) is 42.5 Å². The van der Waals surface area contributed by atoms with Crippen molar-refractivity contribution < 1.29 is 19.8 Å². The molecule has 0 saturated carbocycles. The van der Waals surface area contributed by atoms with E-state index < -0.39 is 5.97 Å². The molecular formula is C21H18N4O4S. The Morgan fingerprint density at radius 3 is 2.53 bits per heavy atom. The second kappa shape index (κ2) is 10.1. The molecule has 8 nitrogen and oxygen atoms in total. The maximum absolute atomic E-state index is 12.2. The van der Waals surface area contributed by atoms with Crippen LogP contribution in [0.3, 0.4) is 0 Å². The van der Waals surface area contributed by atoms with Gasteiger partial charge in [-0.2, -0.15) is 10.1 Å². The molecule has 30 heavy (non-hydrogen) atoms. The van der Waals surface area contributed by atoms with Gasteiger partial charge in [-0.3, -0.25) is 4.79 Å². The van der Waals surface area contributed by atoms with Gasteiger partial charge in [0.25, 0.3) is 0 Å². The topological polar surface area (TPSA) is 124 Å². The van der Waals surface area contributed by atoms with E-state index in [0.29, 0.717) is 17.1 Å². The number of carboxylic acid groups (broad SMARTS) is 1. The lowest BCUT2D eigenvalue weighted by molar-refractivity contribution is -0.115. The van der Waals surface area contributed by atoms with Crippen LogP contribution in [0.25, 0.3) is 6.08 Å². The Bertz CT molecular complexity index is 1080. The van der Waals surface area contributed by atoms with E-state index in [4.69, 9.17) is 5.11 Å². The molecule has 152 valence electrons. The van der Waals surface area contributed by atoms with Crippen molar-refractivity contribution in [2.24, 2.45) is 10.2 Å². The maximum atomic E-state index is 12.2. The lowest BCUT2D eigenvalue weighted by Crippen LogP contribution is -2.13. The van der Waals surface area contributed by atoms with Gasteiger partial charge in [-0.15, -0.1) is 5.11 Å². The van der Waals surface area contributed by atoms with Gasteiger partial charge in [0.1, 0.15) is 0 Å². The fraction of sp³-hybridized carbons (Fsp3) is 0.0952. The third-order valence-corrected chi connectivity index (χ3v) is 4.78. The fourth-order valence-corrected chi connectivity index (χ4v) is 3.23. The molecule has 0 fully saturated rings. The highest BCUT2D eigenvalue weighted by Gasteiger charge is 2.14. The number of benzene rings is 2. The molecule has 0 unspecified atom stereocenters. The summed E-state index contributed by atoms with van der Waals surface area (Å²) in [5.74, 6) is -1.67. The molecule has 1 heterocycles. The van der Waals surface area contributed by atoms with Crippen LogP contribution >= 0.6 is 11.3 Å². The third kappa shape index (κ3) is 6.08. The SMILES string of the molecule is O=C(Cc1sc(N=NCC=Cc2ccccc2)nc1O)Nc1ccc(C(=O)O)cc1. The van der Waals surface area contributed by atoms with Gasteiger partial charge in [0.15, 0.2) is 0 Å². The number of nitrogens with zero attached hydrogens (tertiary/aromatic N) is 3. The Morgan fingerprint density at radius 1 is 1.10 bits per heavy atom. The molecule has 0 atom stereocenters. The minimum atomic E-state index is -1.04. The summed E-state index contributed by atoms with van der Waals surface area (Å²) in [4.78, 5) is 27.3. The van der Waals surface area contributed by atoms with Gasteiger partial charge >= 0.3 is 5.97 Å². The van der Waals surface area contributed by atoms with Crippen LogP contribution in [-0.4, -0.2) is 33.6 Å². The molecular weight excluding hydrogens is 404 g/mol. The summed E-state index contributed by atoms with van der Waals surface area (Å²) in [6, 6.07) is 15.6. The normalized spacial score (nSPS) is 11.2. The van der Waals surface area contributed by atoms with E-state index in [2.05, 4.69) is 20.5 Å². The van der Waals surface area contributed by atoms with Crippen LogP contribution in [0.5, 0.6) is 5.88 Å². The molecule has 1 aromatic heterocycles. The Morgan fingerprint density at radius 2 is 1.83 bits per heavy atom. The van der Waals surface area contributed by atoms with Crippen LogP contribution in [0.2, 0.25) is 0 Å². The summed E-state index contributed by atoms with van der Waals surface area (Å²) >= 11 is 1.08. The van der Waals surface area contributed by atoms with Gasteiger partial charge in [-0.25, -0.2) is 4.79 Å². The number of anilines is 1. The van der Waals surface area contributed by atoms with Crippen molar-refractivity contribution in [2.45, 2.75) is 6.42 Å². The molecule has 9 heteroatoms. The monoisotopic (exact) mass is 422 g/mol. The Hall–Kier alpha value is -3.85. The van der Waals surface area contributed by atoms with Gasteiger partial charge in [-0.1, -0.05) is 53.8 Å². The van der Waals surface area contributed by atoms with Crippen molar-refractivity contribution in [2.75, 3.05) is 11.9 Å². The molecule has 3 N–H and O–H groups in total. The standard InChI is InChI=1S/C21H18N4O4S/c26-18(23-16-10-8-15(9-11-16)20(28)29)13-17-19(27)24-21(30-17)25-22-12-4-7-14-5-2-1-3-6-14/h1-11,27H,12-13H2,(H,23,26)(H,28,29). The van der Waals surface area contributed by atoms with E-state index in [0.717, 1.165) is 16.9 Å². The van der Waals surface area contributed by atoms with Gasteiger partial charge in [0.2, 0.25) is 16.9 Å². The average molecular weight is 422 g/mol. The number of aromatic nitrogens is 1. The molecule has 3 aromatic rings. The molecule has 0 spiro atoms. The second-order valence-corrected chi connectivity index (χ2v) is 7.15. The van der Waals surface area contributed by atoms with Crippen molar-refractivity contribution in [3.8, 4) is 5.88 Å². The summed E-state index contributed by atoms with van der Waals surface area (Å²) in [5.41, 5.74) is 1.64. The fourth-order valence-electron chi connectivity index (χ4n) is 2.44. The largest absolute Gasteiger partial charge is 0.492 e. The third-order valence-electron chi connectivity index (χ3n) is 3.86. The van der Waals surface area contributed by atoms with Crippen molar-refractivity contribution in [3.05, 3.63) is 76.7 Å². The smallest absolute Gasteiger partial charge is 0.335 e. The number of azo groups is 1. The Kier molecular flexibility index (Phi) is 7.01. The zero-order valence-electron chi connectivity index (χ0n) is 15.7. The number of amides is 1. The first-order valence-electron chi connectivity index (χ1n) is 8.92. The van der Waals surface area contributed by atoms with Crippen LogP contribution in [0.15, 0.2) is 70.9 Å². The van der Waals surface area contributed by atoms with E-state index in [-0.39, 0.29) is 28.9 Å². The number of rotatable bonds is 8. The van der Waals surface area contributed by atoms with Crippen LogP contribution in [-0.2, 0) is 11.2 Å². The molecule has 1 amide bonds. The number of thiazole rings is 1. The van der Waals surface area contributed by atoms with Crippen molar-refractivity contribution >= 4 is 40.1 Å². The first-order valence-corrected chi connectivity index (χ1v) is 9.74. The molecule has 0 bridgehead atoms. The lowest BCUT2D eigenvalue weighted by atomic mass is 10.2. The number of aromatic carboxylic acids is 1. The molecule has 0 aliphatic rings. The van der Waals surface area contributed by atoms with E-state index in [9.17, 15) is 14.7 Å². The highest BCUT2D eigenvalue weighted by atomic mass is 32.1. The zero-order valence-corrected chi connectivity index (χ0v) is 16.5. The number of aromatic hydroxyl groups is 1. The summed E-state index contributed by atoms with van der Waals surface area (Å²) in [6.07, 6.45) is 3.70. The van der Waals surface area contributed by atoms with Crippen LogP contribution in [0.4, 0.5) is 10.8 Å². The number of hydrogen-bond acceptors (Lipinski definition) is 7. The Balaban J connectivity index is 1.53. The Labute approximate surface area is 176 Å². The second-order valence-electron chi connectivity index (χ2n) is 6.09. The number of carboxylic acids is 1. The first-order chi connectivity index (χ1) is 14.5. The zero-order chi connectivity index (χ0) is 21.3. The molecule has 3 rings (SSSR count). The quantitative estimate of drug-likeness (QED) is 0.460. The molecule has 0 aliphatic carbocycles. The van der Waals surface area contributed by atoms with Crippen LogP contribution in [0, 0.1) is 0 Å². The predicted molar refractivity (Wildman–Crippen MR) is 114 cm³/mol. The van der Waals surface area contributed by atoms with Crippen molar-refractivity contribution in [3.63, 3.8) is 0 Å². The number of carbonyl (C=O) groups excluding carboxylic acids is 1. The number of nitrogens with one attached hydrogen (secondary N) is 1. The lowest BCUT2D eigenvalue weighted by Gasteiger charge is -2.04. The number of carbonyl (C=O) groups is 2. The summed E-state index contributed by atoms with van der Waals surface area (Å²) in [6.45, 7) is 0.359. The van der Waals surface area contributed by atoms with Crippen molar-refractivity contribution in [1.82, 2.24) is 4.98 Å². The molecule has 0 saturated heterocycles. The van der Waals surface area contributed by atoms with Crippen LogP contribution in [0.1, 0.15) is 20.8 Å². The first kappa shape index (κ1) is 20.9. The summed E-state index contributed by atoms with van der Waals surface area (Å²) < 4.78 is 0. The number of hydrogen-bond donors (Lipinski definition) is 3. The summed E-state index contributed by atoms with van der Waals surface area (Å²) in [7, 11) is 0. The van der Waals surface area contributed by atoms with Gasteiger partial charge in [0, 0.05) is 5.69 Å². The van der Waals surface area contributed by atoms with Crippen LogP contribution < -0.4 is 5.32 Å². The minimum absolute atomic E-state index is 0.0897. The minimum Gasteiger partial charge on any atom is -0.492 e. The van der Waals surface area contributed by atoms with Crippen molar-refractivity contribution in [1.29, 1.82) is 0 Å². The average Bonchev–Trinajstić information content (AvgIpc) is 3.08. The molecule has 2 aromatic carbocycles. The predicted octanol–water partition coefficient (Wildman–Crippen LogP) is 4.53.